The lowest BCUT2D eigenvalue weighted by Gasteiger charge is -2.14. The van der Waals surface area contributed by atoms with Gasteiger partial charge in [0, 0.05) is 7.05 Å². The van der Waals surface area contributed by atoms with Crippen molar-refractivity contribution in [1.82, 2.24) is 4.57 Å². The van der Waals surface area contributed by atoms with E-state index in [-0.39, 0.29) is 22.8 Å². The number of fused-ring (bicyclic) bond motifs is 1. The molecule has 2 N–H and O–H groups in total. The molecule has 0 fully saturated rings. The third-order valence-corrected chi connectivity index (χ3v) is 4.33. The van der Waals surface area contributed by atoms with Crippen LogP contribution in [0.1, 0.15) is 11.1 Å². The number of para-hydroxylation sites is 1. The molecule has 0 atom stereocenters. The highest BCUT2D eigenvalue weighted by Crippen LogP contribution is 2.22. The molecule has 0 radical (unpaired) electrons. The second-order valence-corrected chi connectivity index (χ2v) is 5.98. The van der Waals surface area contributed by atoms with E-state index >= 15 is 0 Å². The third-order valence-electron chi connectivity index (χ3n) is 4.33. The fourth-order valence-corrected chi connectivity index (χ4v) is 2.97. The Morgan fingerprint density at radius 2 is 1.65 bits per heavy atom. The molecule has 6 heteroatoms. The number of anilines is 1. The molecule has 0 saturated carbocycles. The van der Waals surface area contributed by atoms with Gasteiger partial charge in [-0.3, -0.25) is 14.8 Å². The van der Waals surface area contributed by atoms with Crippen LogP contribution in [-0.4, -0.2) is 15.5 Å². The summed E-state index contributed by atoms with van der Waals surface area (Å²) in [5, 5.41) is 25.4. The zero-order valence-corrected chi connectivity index (χ0v) is 14.0. The summed E-state index contributed by atoms with van der Waals surface area (Å²) in [6, 6.07) is 18.6. The molecule has 6 nitrogen and oxygen atoms in total. The van der Waals surface area contributed by atoms with E-state index in [9.17, 15) is 9.90 Å². The van der Waals surface area contributed by atoms with E-state index in [1.807, 2.05) is 60.7 Å². The topological polar surface area (TPSA) is 81.7 Å². The number of aromatic nitrogens is 1. The van der Waals surface area contributed by atoms with Crippen LogP contribution in [0.2, 0.25) is 0 Å². The minimum Gasteiger partial charge on any atom is -0.494 e. The van der Waals surface area contributed by atoms with E-state index in [4.69, 9.17) is 5.41 Å². The lowest BCUT2D eigenvalue weighted by Crippen LogP contribution is -2.45. The van der Waals surface area contributed by atoms with Crippen LogP contribution >= 0.6 is 0 Å². The highest BCUT2D eigenvalue weighted by molar-refractivity contribution is 6.10. The number of nitrogens with zero attached hydrogens (tertiary/aromatic N) is 3. The van der Waals surface area contributed by atoms with Crippen LogP contribution in [0.3, 0.4) is 0 Å². The van der Waals surface area contributed by atoms with Gasteiger partial charge in [-0.25, -0.2) is 5.01 Å². The van der Waals surface area contributed by atoms with Gasteiger partial charge in [0.15, 0.2) is 5.84 Å². The van der Waals surface area contributed by atoms with Gasteiger partial charge in [-0.2, -0.15) is 5.10 Å². The smallest absolute Gasteiger partial charge is 0.262 e. The standard InChI is InChI=1S/C20H16N4O2/c1-23-19(25)15(12-13-8-4-2-5-9-13)17-16(20(23)26)18(21)24(22-17)14-10-6-3-7-11-14/h2-12,21,26H,1H3. The number of amidine groups is 1. The van der Waals surface area contributed by atoms with Gasteiger partial charge in [-0.05, 0) is 23.8 Å². The molecule has 0 amide bonds. The molecule has 4 rings (SSSR count). The van der Waals surface area contributed by atoms with E-state index in [1.165, 1.54) is 12.1 Å². The van der Waals surface area contributed by atoms with Gasteiger partial charge in [0.25, 0.3) is 5.56 Å². The number of hydrogen-bond acceptors (Lipinski definition) is 4. The summed E-state index contributed by atoms with van der Waals surface area (Å²) in [6.07, 6.45) is 1.73. The van der Waals surface area contributed by atoms with Crippen molar-refractivity contribution >= 4 is 17.6 Å². The van der Waals surface area contributed by atoms with Crippen molar-refractivity contribution in [3.8, 4) is 5.88 Å². The van der Waals surface area contributed by atoms with Crippen LogP contribution in [0.15, 0.2) is 70.6 Å². The number of rotatable bonds is 2. The summed E-state index contributed by atoms with van der Waals surface area (Å²) in [5.74, 6) is -0.232. The van der Waals surface area contributed by atoms with Gasteiger partial charge >= 0.3 is 0 Å². The molecule has 0 unspecified atom stereocenters. The monoisotopic (exact) mass is 344 g/mol. The molecule has 0 aliphatic carbocycles. The summed E-state index contributed by atoms with van der Waals surface area (Å²) in [4.78, 5) is 12.7. The predicted molar refractivity (Wildman–Crippen MR) is 99.9 cm³/mol. The molecule has 0 saturated heterocycles. The number of nitrogens with one attached hydrogen (secondary N) is 1. The molecule has 3 aromatic rings. The Hall–Kier alpha value is -3.67. The average Bonchev–Trinajstić information content (AvgIpc) is 3.02. The number of pyridine rings is 1. The van der Waals surface area contributed by atoms with Crippen molar-refractivity contribution in [2.24, 2.45) is 12.1 Å². The van der Waals surface area contributed by atoms with Crippen LogP contribution in [0.5, 0.6) is 5.88 Å². The summed E-state index contributed by atoms with van der Waals surface area (Å²) in [7, 11) is 1.48. The van der Waals surface area contributed by atoms with Crippen molar-refractivity contribution in [3.05, 3.63) is 92.7 Å². The van der Waals surface area contributed by atoms with Gasteiger partial charge in [-0.1, -0.05) is 48.5 Å². The summed E-state index contributed by atoms with van der Waals surface area (Å²) < 4.78 is 1.14. The van der Waals surface area contributed by atoms with Crippen molar-refractivity contribution in [3.63, 3.8) is 0 Å². The molecule has 1 aliphatic rings. The first-order valence-corrected chi connectivity index (χ1v) is 8.09. The molecule has 128 valence electrons. The quantitative estimate of drug-likeness (QED) is 0.735. The maximum absolute atomic E-state index is 12.7. The fraction of sp³-hybridized carbons (Fsp3) is 0.0500. The Morgan fingerprint density at radius 1 is 1.04 bits per heavy atom. The minimum absolute atomic E-state index is 0.0296. The highest BCUT2D eigenvalue weighted by atomic mass is 16.3. The number of benzene rings is 2. The fourth-order valence-electron chi connectivity index (χ4n) is 2.97. The van der Waals surface area contributed by atoms with E-state index < -0.39 is 0 Å². The first-order chi connectivity index (χ1) is 12.6. The van der Waals surface area contributed by atoms with Gasteiger partial charge in [0.2, 0.25) is 5.88 Å². The molecular weight excluding hydrogens is 328 g/mol. The van der Waals surface area contributed by atoms with Gasteiger partial charge in [0.1, 0.15) is 10.9 Å². The average molecular weight is 344 g/mol. The molecule has 1 aliphatic heterocycles. The Bertz CT molecular complexity index is 1180. The number of hydrogen-bond donors (Lipinski definition) is 2. The second-order valence-electron chi connectivity index (χ2n) is 5.98. The van der Waals surface area contributed by atoms with Gasteiger partial charge < -0.3 is 5.11 Å². The third kappa shape index (κ3) is 2.39. The summed E-state index contributed by atoms with van der Waals surface area (Å²) in [5.41, 5.74) is 1.42. The largest absolute Gasteiger partial charge is 0.494 e. The summed E-state index contributed by atoms with van der Waals surface area (Å²) >= 11 is 0. The zero-order chi connectivity index (χ0) is 18.3. The molecule has 2 aromatic carbocycles. The van der Waals surface area contributed by atoms with E-state index in [0.717, 1.165) is 10.1 Å². The van der Waals surface area contributed by atoms with Crippen LogP contribution in [0.25, 0.3) is 6.08 Å². The first kappa shape index (κ1) is 15.8. The van der Waals surface area contributed by atoms with Crippen LogP contribution in [-0.2, 0) is 7.05 Å². The van der Waals surface area contributed by atoms with Crippen molar-refractivity contribution < 1.29 is 5.11 Å². The van der Waals surface area contributed by atoms with Gasteiger partial charge in [-0.15, -0.1) is 0 Å². The van der Waals surface area contributed by atoms with Crippen LogP contribution in [0, 0.1) is 5.41 Å². The lowest BCUT2D eigenvalue weighted by molar-refractivity contribution is 0.420. The highest BCUT2D eigenvalue weighted by Gasteiger charge is 2.28. The van der Waals surface area contributed by atoms with Crippen molar-refractivity contribution in [2.45, 2.75) is 0 Å². The number of aromatic hydroxyl groups is 1. The zero-order valence-electron chi connectivity index (χ0n) is 14.0. The molecular formula is C20H16N4O2. The SMILES string of the molecule is Cn1c(O)c2c(c(=Cc3ccccc3)c1=O)=NN(c1ccccc1)C2=N. The normalized spacial score (nSPS) is 13.7. The van der Waals surface area contributed by atoms with Crippen molar-refractivity contribution in [2.75, 3.05) is 5.01 Å². The van der Waals surface area contributed by atoms with Crippen molar-refractivity contribution in [1.29, 1.82) is 5.41 Å². The molecule has 26 heavy (non-hydrogen) atoms. The molecule has 0 spiro atoms. The van der Waals surface area contributed by atoms with E-state index in [2.05, 4.69) is 5.10 Å². The Kier molecular flexibility index (Phi) is 3.65. The molecule has 2 heterocycles. The minimum atomic E-state index is -0.364. The Balaban J connectivity index is 2.05. The predicted octanol–water partition coefficient (Wildman–Crippen LogP) is 1.30. The first-order valence-electron chi connectivity index (χ1n) is 8.09. The maximum Gasteiger partial charge on any atom is 0.262 e. The Morgan fingerprint density at radius 3 is 2.31 bits per heavy atom. The van der Waals surface area contributed by atoms with Crippen LogP contribution in [0.4, 0.5) is 5.69 Å². The van der Waals surface area contributed by atoms with E-state index in [1.54, 1.807) is 6.08 Å². The maximum atomic E-state index is 12.7. The Labute approximate surface area is 149 Å². The molecule has 0 bridgehead atoms. The summed E-state index contributed by atoms with van der Waals surface area (Å²) in [6.45, 7) is 0. The van der Waals surface area contributed by atoms with Crippen LogP contribution < -0.4 is 21.1 Å². The van der Waals surface area contributed by atoms with E-state index in [0.29, 0.717) is 16.3 Å². The molecule has 1 aromatic heterocycles. The second kappa shape index (κ2) is 6.00. The lowest BCUT2D eigenvalue weighted by atomic mass is 10.1. The van der Waals surface area contributed by atoms with Gasteiger partial charge in [0.05, 0.1) is 10.9 Å².